The number of carbonyl (C=O) groups is 1. The van der Waals surface area contributed by atoms with Crippen molar-refractivity contribution in [1.82, 2.24) is 9.88 Å². The second kappa shape index (κ2) is 7.58. The molecule has 4 nitrogen and oxygen atoms in total. The summed E-state index contributed by atoms with van der Waals surface area (Å²) in [5, 5.41) is 0.988. The lowest BCUT2D eigenvalue weighted by Gasteiger charge is -2.24. The summed E-state index contributed by atoms with van der Waals surface area (Å²) in [6, 6.07) is 14.6. The van der Waals surface area contributed by atoms with Gasteiger partial charge in [0.05, 0.1) is 16.8 Å². The maximum atomic E-state index is 13.2. The Morgan fingerprint density at radius 1 is 0.964 bits per heavy atom. The third-order valence-electron chi connectivity index (χ3n) is 5.37. The molecule has 1 aliphatic heterocycles. The van der Waals surface area contributed by atoms with Gasteiger partial charge in [0.1, 0.15) is 5.82 Å². The number of aryl methyl sites for hydroxylation is 2. The van der Waals surface area contributed by atoms with E-state index in [9.17, 15) is 9.18 Å². The Morgan fingerprint density at radius 2 is 1.75 bits per heavy atom. The van der Waals surface area contributed by atoms with Crippen LogP contribution < -0.4 is 4.90 Å². The van der Waals surface area contributed by atoms with E-state index < -0.39 is 0 Å². The van der Waals surface area contributed by atoms with E-state index in [4.69, 9.17) is 0 Å². The number of anilines is 1. The highest BCUT2D eigenvalue weighted by Crippen LogP contribution is 2.21. The van der Waals surface area contributed by atoms with E-state index in [0.717, 1.165) is 47.4 Å². The zero-order valence-electron chi connectivity index (χ0n) is 16.3. The second-order valence-electron chi connectivity index (χ2n) is 7.43. The first-order valence-electron chi connectivity index (χ1n) is 9.69. The molecule has 2 aromatic carbocycles. The Kier molecular flexibility index (Phi) is 4.99. The molecule has 1 aliphatic rings. The number of pyridine rings is 1. The van der Waals surface area contributed by atoms with Crippen molar-refractivity contribution in [3.63, 3.8) is 0 Å². The van der Waals surface area contributed by atoms with Crippen LogP contribution in [0.25, 0.3) is 10.9 Å². The molecule has 0 atom stereocenters. The first-order valence-corrected chi connectivity index (χ1v) is 9.69. The molecule has 2 heterocycles. The molecule has 144 valence electrons. The molecule has 0 unspecified atom stereocenters. The van der Waals surface area contributed by atoms with Crippen molar-refractivity contribution in [2.45, 2.75) is 20.3 Å². The number of carbonyl (C=O) groups excluding carboxylic acids is 1. The van der Waals surface area contributed by atoms with Gasteiger partial charge in [-0.1, -0.05) is 12.1 Å². The number of aromatic nitrogens is 1. The molecule has 1 amide bonds. The minimum absolute atomic E-state index is 0.0356. The molecule has 3 aromatic rings. The summed E-state index contributed by atoms with van der Waals surface area (Å²) < 4.78 is 13.2. The van der Waals surface area contributed by atoms with Crippen LogP contribution in [0.1, 0.15) is 28.0 Å². The third-order valence-corrected chi connectivity index (χ3v) is 5.37. The molecule has 0 N–H and O–H groups in total. The smallest absolute Gasteiger partial charge is 0.255 e. The second-order valence-corrected chi connectivity index (χ2v) is 7.43. The summed E-state index contributed by atoms with van der Waals surface area (Å²) >= 11 is 0. The monoisotopic (exact) mass is 377 g/mol. The van der Waals surface area contributed by atoms with Crippen LogP contribution in [0.2, 0.25) is 0 Å². The fourth-order valence-electron chi connectivity index (χ4n) is 3.79. The van der Waals surface area contributed by atoms with Gasteiger partial charge < -0.3 is 9.80 Å². The zero-order valence-corrected chi connectivity index (χ0v) is 16.3. The standard InChI is InChI=1S/C23H24FN3O/c1-16-4-5-18-15-21(17(2)25-22(18)14-16)23(28)27-11-3-10-26(12-13-27)20-8-6-19(24)7-9-20/h4-9,14-15H,3,10-13H2,1-2H3. The van der Waals surface area contributed by atoms with Crippen molar-refractivity contribution in [1.29, 1.82) is 0 Å². The number of hydrogen-bond donors (Lipinski definition) is 0. The van der Waals surface area contributed by atoms with Crippen LogP contribution in [0.3, 0.4) is 0 Å². The Balaban J connectivity index is 1.53. The maximum absolute atomic E-state index is 13.2. The van der Waals surface area contributed by atoms with Gasteiger partial charge in [-0.25, -0.2) is 4.39 Å². The average molecular weight is 377 g/mol. The topological polar surface area (TPSA) is 36.4 Å². The van der Waals surface area contributed by atoms with Crippen molar-refractivity contribution < 1.29 is 9.18 Å². The summed E-state index contributed by atoms with van der Waals surface area (Å²) in [6.45, 7) is 6.88. The van der Waals surface area contributed by atoms with Crippen molar-refractivity contribution in [2.75, 3.05) is 31.1 Å². The molecule has 5 heteroatoms. The van der Waals surface area contributed by atoms with Gasteiger partial charge in [0, 0.05) is 37.3 Å². The van der Waals surface area contributed by atoms with E-state index in [1.54, 1.807) is 12.1 Å². The third kappa shape index (κ3) is 3.70. The van der Waals surface area contributed by atoms with Crippen LogP contribution in [0.5, 0.6) is 0 Å². The number of hydrogen-bond acceptors (Lipinski definition) is 3. The first-order chi connectivity index (χ1) is 13.5. The lowest BCUT2D eigenvalue weighted by atomic mass is 10.1. The van der Waals surface area contributed by atoms with E-state index in [0.29, 0.717) is 18.7 Å². The van der Waals surface area contributed by atoms with Gasteiger partial charge >= 0.3 is 0 Å². The summed E-state index contributed by atoms with van der Waals surface area (Å²) in [4.78, 5) is 22.0. The number of benzene rings is 2. The molecule has 1 aromatic heterocycles. The summed E-state index contributed by atoms with van der Waals surface area (Å²) in [7, 11) is 0. The van der Waals surface area contributed by atoms with E-state index in [1.807, 2.05) is 43.0 Å². The number of nitrogens with zero attached hydrogens (tertiary/aromatic N) is 3. The molecular weight excluding hydrogens is 353 g/mol. The Labute approximate surface area is 164 Å². The summed E-state index contributed by atoms with van der Waals surface area (Å²) in [5.74, 6) is -0.196. The van der Waals surface area contributed by atoms with Crippen LogP contribution in [0, 0.1) is 19.7 Å². The van der Waals surface area contributed by atoms with Crippen LogP contribution in [-0.2, 0) is 0 Å². The van der Waals surface area contributed by atoms with E-state index in [-0.39, 0.29) is 11.7 Å². The highest BCUT2D eigenvalue weighted by Gasteiger charge is 2.22. The van der Waals surface area contributed by atoms with Crippen LogP contribution in [-0.4, -0.2) is 42.0 Å². The quantitative estimate of drug-likeness (QED) is 0.666. The van der Waals surface area contributed by atoms with Crippen molar-refractivity contribution >= 4 is 22.5 Å². The summed E-state index contributed by atoms with van der Waals surface area (Å²) in [5.41, 5.74) is 4.52. The van der Waals surface area contributed by atoms with Gasteiger partial charge in [0.2, 0.25) is 0 Å². The molecule has 0 aliphatic carbocycles. The average Bonchev–Trinajstić information content (AvgIpc) is 2.94. The zero-order chi connectivity index (χ0) is 19.7. The highest BCUT2D eigenvalue weighted by atomic mass is 19.1. The van der Waals surface area contributed by atoms with Gasteiger partial charge in [0.15, 0.2) is 0 Å². The molecule has 1 fully saturated rings. The van der Waals surface area contributed by atoms with Crippen molar-refractivity contribution in [3.8, 4) is 0 Å². The van der Waals surface area contributed by atoms with Gasteiger partial charge in [-0.3, -0.25) is 9.78 Å². The van der Waals surface area contributed by atoms with Gasteiger partial charge in [-0.05, 0) is 62.2 Å². The normalized spacial score (nSPS) is 15.0. The minimum Gasteiger partial charge on any atom is -0.370 e. The van der Waals surface area contributed by atoms with Crippen molar-refractivity contribution in [3.05, 3.63) is 71.2 Å². The van der Waals surface area contributed by atoms with Crippen LogP contribution >= 0.6 is 0 Å². The molecular formula is C23H24FN3O. The fraction of sp³-hybridized carbons (Fsp3) is 0.304. The SMILES string of the molecule is Cc1ccc2cc(C(=O)N3CCCN(c4ccc(F)cc4)CC3)c(C)nc2c1. The number of halogens is 1. The van der Waals surface area contributed by atoms with Gasteiger partial charge in [-0.15, -0.1) is 0 Å². The van der Waals surface area contributed by atoms with Crippen LogP contribution in [0.15, 0.2) is 48.5 Å². The fourth-order valence-corrected chi connectivity index (χ4v) is 3.79. The number of fused-ring (bicyclic) bond motifs is 1. The van der Waals surface area contributed by atoms with Gasteiger partial charge in [0.25, 0.3) is 5.91 Å². The molecule has 0 saturated carbocycles. The minimum atomic E-state index is -0.232. The lowest BCUT2D eigenvalue weighted by molar-refractivity contribution is 0.0766. The molecule has 0 radical (unpaired) electrons. The predicted octanol–water partition coefficient (Wildman–Crippen LogP) is 4.34. The van der Waals surface area contributed by atoms with Gasteiger partial charge in [-0.2, -0.15) is 0 Å². The molecule has 28 heavy (non-hydrogen) atoms. The predicted molar refractivity (Wildman–Crippen MR) is 110 cm³/mol. The van der Waals surface area contributed by atoms with E-state index in [1.165, 1.54) is 12.1 Å². The Hall–Kier alpha value is -2.95. The Bertz CT molecular complexity index is 1020. The lowest BCUT2D eigenvalue weighted by Crippen LogP contribution is -2.35. The van der Waals surface area contributed by atoms with E-state index in [2.05, 4.69) is 9.88 Å². The molecule has 1 saturated heterocycles. The Morgan fingerprint density at radius 3 is 2.54 bits per heavy atom. The maximum Gasteiger partial charge on any atom is 0.255 e. The van der Waals surface area contributed by atoms with Crippen LogP contribution in [0.4, 0.5) is 10.1 Å². The number of amides is 1. The molecule has 4 rings (SSSR count). The molecule has 0 bridgehead atoms. The number of rotatable bonds is 2. The molecule has 0 spiro atoms. The van der Waals surface area contributed by atoms with E-state index >= 15 is 0 Å². The largest absolute Gasteiger partial charge is 0.370 e. The highest BCUT2D eigenvalue weighted by molar-refractivity contribution is 5.98. The first kappa shape index (κ1) is 18.4. The van der Waals surface area contributed by atoms with Crippen molar-refractivity contribution in [2.24, 2.45) is 0 Å². The summed E-state index contributed by atoms with van der Waals surface area (Å²) in [6.07, 6.45) is 0.877.